The summed E-state index contributed by atoms with van der Waals surface area (Å²) in [6, 6.07) is 50.6. The van der Waals surface area contributed by atoms with Crippen molar-refractivity contribution in [1.29, 1.82) is 0 Å². The second-order valence-electron chi connectivity index (χ2n) is 37.9. The van der Waals surface area contributed by atoms with Crippen molar-refractivity contribution in [2.75, 3.05) is 147 Å². The smallest absolute Gasteiger partial charge is 0.297 e. The van der Waals surface area contributed by atoms with Crippen LogP contribution in [0.3, 0.4) is 0 Å². The topological polar surface area (TPSA) is 483 Å². The fraction of sp³-hybridized carbons (Fsp3) is 0.337. The van der Waals surface area contributed by atoms with Gasteiger partial charge in [-0.3, -0.25) is 63.9 Å². The van der Waals surface area contributed by atoms with Crippen molar-refractivity contribution >= 4 is 101 Å². The molecule has 750 valence electrons. The van der Waals surface area contributed by atoms with Gasteiger partial charge < -0.3 is 74.0 Å². The predicted octanol–water partition coefficient (Wildman–Crippen LogP) is 13.9. The molecule has 4 amide bonds. The normalized spacial score (nSPS) is 16.0. The van der Waals surface area contributed by atoms with Gasteiger partial charge >= 0.3 is 0 Å². The highest BCUT2D eigenvalue weighted by Gasteiger charge is 2.51. The third kappa shape index (κ3) is 22.6. The number of hydrogen-bond acceptors (Lipinski definition) is 26. The number of imidazole rings is 4. The van der Waals surface area contributed by atoms with Crippen LogP contribution in [0.2, 0.25) is 0 Å². The number of nitrogens with zero attached hydrogens (tertiary/aromatic N) is 15. The zero-order chi connectivity index (χ0) is 99.7. The Hall–Kier alpha value is -15.2. The van der Waals surface area contributed by atoms with Gasteiger partial charge in [-0.15, -0.1) is 0 Å². The Labute approximate surface area is 834 Å². The summed E-state index contributed by atoms with van der Waals surface area (Å²) in [6.45, 7) is 26.5. The molecule has 1 aliphatic carbocycles. The Morgan fingerprint density at radius 3 is 1.23 bits per heavy atom. The molecule has 10 aromatic heterocycles. The molecule has 0 unspecified atom stereocenters. The number of carbonyl (C=O) groups excluding carboxylic acids is 4. The number of rotatable bonds is 27. The Morgan fingerprint density at radius 1 is 0.448 bits per heavy atom. The van der Waals surface area contributed by atoms with E-state index < -0.39 is 21.3 Å². The maximum absolute atomic E-state index is 13.4. The van der Waals surface area contributed by atoms with Crippen molar-refractivity contribution in [3.05, 3.63) is 250 Å². The highest BCUT2D eigenvalue weighted by molar-refractivity contribution is 7.89. The number of sulfonamides is 1. The second-order valence-corrected chi connectivity index (χ2v) is 39.8. The summed E-state index contributed by atoms with van der Waals surface area (Å²) in [5, 5.41) is 44.6. The Balaban J connectivity index is 0.000000118. The fourth-order valence-electron chi connectivity index (χ4n) is 18.3. The number of fused-ring (bicyclic) bond motifs is 4. The van der Waals surface area contributed by atoms with Crippen molar-refractivity contribution in [1.82, 2.24) is 114 Å². The van der Waals surface area contributed by atoms with Gasteiger partial charge in [0, 0.05) is 104 Å². The van der Waals surface area contributed by atoms with Crippen LogP contribution in [0, 0.1) is 6.92 Å². The molecule has 0 radical (unpaired) electrons. The first-order valence-corrected chi connectivity index (χ1v) is 50.1. The minimum Gasteiger partial charge on any atom is -0.496 e. The first-order chi connectivity index (χ1) is 70.5. The number of carbonyl (C=O) groups is 4. The average Bonchev–Trinajstić information content (AvgIpc) is 1.59. The molecule has 1 saturated carbocycles. The zero-order valence-corrected chi connectivity index (χ0v) is 82.2. The average molecular weight is 1980 g/mol. The van der Waals surface area contributed by atoms with Crippen LogP contribution in [0.5, 0.6) is 11.7 Å². The van der Waals surface area contributed by atoms with Crippen molar-refractivity contribution in [3.8, 4) is 57.8 Å². The minimum atomic E-state index is -3.71. The number of hydrogen-bond donors (Lipinski definition) is 12. The standard InChI is InChI=1S/C28H28N6O4.C27H31N7O5S.C25H26N6O2.C24H30N8O2/c1-18-2-4-19(5-3-18)17-38-28-21(8-11-37-28)27(35)32-24-15-29-33-25(24)26-30-22-7-6-20(14-23(22)31-26)16-34-9-12-36-13-10-34;1-38-24-7-5-19(40(36,37)34-8-2-3-9-34)15-20(24)27(35)31-23-16-28-32-25(23)26-29-21-6-4-18(14-22(21)30-26)17-33-10-12-39-13-11-33;32-24(25(8-9-25)18-4-2-1-3-5-18)29-21-15-26-30-22(21)23-27-19-7-6-17(14-20(19)28-23)16-31-10-12-33-13-11-31;1-24(2,3)20-12-19(31(4)30-20)23(33)28-18-13-25-29-21(18)22-26-16-6-5-15(11-17(16)27-22)14-32-7-9-34-10-8-32/h2-8,11,14-15H,9-10,12-13,16-17H2,1H3,(H,29,33)(H,30,31)(H,32,35);4-7,14-16H,2-3,8-13,17H2,1H3,(H,28,32)(H,29,30)(H,31,35);1-7,14-15H,8-13,16H2,(H,26,30)(H,27,28)(H,29,32);5-6,11-13H,7-10,14H2,1-4H3,(H,25,29)(H,26,27)(H,28,33). The van der Waals surface area contributed by atoms with Gasteiger partial charge in [0.25, 0.3) is 23.7 Å². The van der Waals surface area contributed by atoms with E-state index in [1.807, 2.05) is 91.9 Å². The van der Waals surface area contributed by atoms with Crippen LogP contribution in [-0.2, 0) is 84.4 Å². The van der Waals surface area contributed by atoms with E-state index in [1.54, 1.807) is 36.4 Å². The SMILES string of the molecule is COc1ccc(S(=O)(=O)N2CCCC2)cc1C(=O)Nc1cn[nH]c1-c1nc2ccc(CN3CCOCC3)cc2[nH]1.Cc1ccc(COc2occc2C(=O)Nc2cn[nH]c2-c2nc3ccc(CN4CCOCC4)cc3[nH]2)cc1.Cn1nc(C(C)(C)C)cc1C(=O)Nc1cn[nH]c1-c1nc2ccc(CN3CCOCC3)cc2[nH]1.O=C(Nc1cn[nH]c1-c1nc2ccc(CN3CCOCC3)cc2[nH]1)C1(c2ccccc2)CC1. The first-order valence-electron chi connectivity index (χ1n) is 48.6. The molecule has 145 heavy (non-hydrogen) atoms. The van der Waals surface area contributed by atoms with Crippen molar-refractivity contribution in [2.24, 2.45) is 7.05 Å². The van der Waals surface area contributed by atoms with Gasteiger partial charge in [-0.1, -0.05) is 105 Å². The number of amides is 4. The molecule has 6 fully saturated rings. The highest BCUT2D eigenvalue weighted by Crippen LogP contribution is 2.49. The molecule has 41 heteroatoms. The molecule has 40 nitrogen and oxygen atoms in total. The number of morpholine rings is 4. The van der Waals surface area contributed by atoms with Crippen LogP contribution in [0.4, 0.5) is 22.7 Å². The van der Waals surface area contributed by atoms with Gasteiger partial charge in [0.1, 0.15) is 46.4 Å². The molecule has 0 spiro atoms. The number of benzene rings is 7. The van der Waals surface area contributed by atoms with Crippen LogP contribution in [0.25, 0.3) is 90.2 Å². The molecule has 12 N–H and O–H groups in total. The van der Waals surface area contributed by atoms with Crippen LogP contribution in [0.1, 0.15) is 122 Å². The number of aromatic nitrogens is 18. The first kappa shape index (κ1) is 97.3. The van der Waals surface area contributed by atoms with E-state index in [4.69, 9.17) is 47.8 Å². The molecule has 23 rings (SSSR count). The van der Waals surface area contributed by atoms with E-state index in [0.717, 1.165) is 218 Å². The quantitative estimate of drug-likeness (QED) is 0.0227. The molecular formula is C104H115N27O13S. The van der Waals surface area contributed by atoms with Crippen LogP contribution in [0.15, 0.2) is 198 Å². The third-order valence-electron chi connectivity index (χ3n) is 26.6. The highest BCUT2D eigenvalue weighted by atomic mass is 32.2. The van der Waals surface area contributed by atoms with Gasteiger partial charge in [-0.2, -0.15) is 29.8 Å². The van der Waals surface area contributed by atoms with Crippen LogP contribution >= 0.6 is 0 Å². The van der Waals surface area contributed by atoms with Gasteiger partial charge in [-0.05, 0) is 145 Å². The van der Waals surface area contributed by atoms with Gasteiger partial charge in [0.2, 0.25) is 15.9 Å². The molecule has 7 aromatic carbocycles. The second kappa shape index (κ2) is 43.2. The third-order valence-corrected chi connectivity index (χ3v) is 28.5. The lowest BCUT2D eigenvalue weighted by molar-refractivity contribution is -0.118. The number of methoxy groups -OCH3 is 1. The molecule has 0 bridgehead atoms. The van der Waals surface area contributed by atoms with Gasteiger partial charge in [0.15, 0.2) is 23.3 Å². The summed E-state index contributed by atoms with van der Waals surface area (Å²) < 4.78 is 67.6. The molecule has 17 aromatic rings. The molecule has 6 aliphatic rings. The Bertz CT molecular complexity index is 7550. The molecule has 5 aliphatic heterocycles. The molecular weight excluding hydrogens is 1870 g/mol. The van der Waals surface area contributed by atoms with Gasteiger partial charge in [0.05, 0.1) is 179 Å². The largest absolute Gasteiger partial charge is 0.496 e. The van der Waals surface area contributed by atoms with E-state index in [0.29, 0.717) is 93.2 Å². The van der Waals surface area contributed by atoms with Crippen molar-refractivity contribution in [2.45, 2.75) is 102 Å². The van der Waals surface area contributed by atoms with E-state index >= 15 is 0 Å². The van der Waals surface area contributed by atoms with E-state index in [9.17, 15) is 27.6 Å². The lowest BCUT2D eigenvalue weighted by Crippen LogP contribution is -2.35. The number of H-pyrrole nitrogens is 8. The molecule has 0 atom stereocenters. The zero-order valence-electron chi connectivity index (χ0n) is 81.4. The summed E-state index contributed by atoms with van der Waals surface area (Å²) in [5.74, 6) is 1.65. The van der Waals surface area contributed by atoms with Crippen LogP contribution in [-0.4, -0.2) is 272 Å². The molecule has 15 heterocycles. The predicted molar refractivity (Wildman–Crippen MR) is 546 cm³/mol. The fourth-order valence-corrected chi connectivity index (χ4v) is 19.8. The lowest BCUT2D eigenvalue weighted by atomic mass is 9.92. The van der Waals surface area contributed by atoms with Crippen molar-refractivity contribution in [3.63, 3.8) is 0 Å². The summed E-state index contributed by atoms with van der Waals surface area (Å²) in [6.07, 6.45) is 11.1. The van der Waals surface area contributed by atoms with Crippen molar-refractivity contribution < 1.29 is 60.4 Å². The number of aryl methyl sites for hydroxylation is 2. The Kier molecular flexibility index (Phi) is 29.0. The number of anilines is 4. The summed E-state index contributed by atoms with van der Waals surface area (Å²) in [5.41, 5.74) is 20.7. The maximum Gasteiger partial charge on any atom is 0.297 e. The summed E-state index contributed by atoms with van der Waals surface area (Å²) in [4.78, 5) is 94.5. The van der Waals surface area contributed by atoms with E-state index in [2.05, 4.69) is 181 Å². The van der Waals surface area contributed by atoms with Crippen LogP contribution < -0.4 is 30.7 Å². The summed E-state index contributed by atoms with van der Waals surface area (Å²) >= 11 is 0. The van der Waals surface area contributed by atoms with E-state index in [1.165, 1.54) is 69.9 Å². The minimum absolute atomic E-state index is 0.000239. The monoisotopic (exact) mass is 1980 g/mol. The summed E-state index contributed by atoms with van der Waals surface area (Å²) in [7, 11) is -0.498. The molecule has 5 saturated heterocycles. The lowest BCUT2D eigenvalue weighted by Gasteiger charge is -2.26. The number of furan rings is 1. The number of nitrogens with one attached hydrogen (secondary N) is 12. The van der Waals surface area contributed by atoms with Gasteiger partial charge in [-0.25, -0.2) is 28.4 Å². The number of ether oxygens (including phenoxy) is 6. The van der Waals surface area contributed by atoms with E-state index in [-0.39, 0.29) is 51.9 Å². The Morgan fingerprint density at radius 2 is 0.841 bits per heavy atom. The number of aromatic amines is 8. The maximum atomic E-state index is 13.4.